The van der Waals surface area contributed by atoms with Crippen LogP contribution in [0, 0.1) is 0 Å². The molecular weight excluding hydrogens is 715 g/mol. The maximum absolute atomic E-state index is 12.5. The predicted octanol–water partition coefficient (Wildman–Crippen LogP) is 15.5. The van der Waals surface area contributed by atoms with Gasteiger partial charge in [-0.1, -0.05) is 256 Å². The second-order valence-electron chi connectivity index (χ2n) is 17.8. The highest BCUT2D eigenvalue weighted by molar-refractivity contribution is 5.76. The van der Waals surface area contributed by atoms with E-state index in [1.165, 1.54) is 205 Å². The second kappa shape index (κ2) is 48.2. The van der Waals surface area contributed by atoms with E-state index in [0.29, 0.717) is 6.42 Å². The Morgan fingerprint density at radius 1 is 0.431 bits per heavy atom. The first-order chi connectivity index (χ1) is 28.5. The molecule has 0 fully saturated rings. The molecule has 0 aliphatic heterocycles. The van der Waals surface area contributed by atoms with E-state index in [0.717, 1.165) is 38.5 Å². The van der Waals surface area contributed by atoms with E-state index in [-0.39, 0.29) is 18.9 Å². The molecule has 0 aliphatic carbocycles. The van der Waals surface area contributed by atoms with Crippen molar-refractivity contribution in [3.8, 4) is 0 Å². The van der Waals surface area contributed by atoms with Crippen LogP contribution in [0.4, 0.5) is 0 Å². The second-order valence-corrected chi connectivity index (χ2v) is 17.8. The number of amides is 1. The number of carbonyl (C=O) groups is 1. The molecule has 0 heterocycles. The number of hydrogen-bond donors (Lipinski definition) is 4. The Morgan fingerprint density at radius 3 is 1.10 bits per heavy atom. The zero-order valence-corrected chi connectivity index (χ0v) is 38.9. The van der Waals surface area contributed by atoms with Crippen LogP contribution in [0.15, 0.2) is 36.5 Å². The molecule has 3 unspecified atom stereocenters. The van der Waals surface area contributed by atoms with Crippen molar-refractivity contribution < 1.29 is 20.1 Å². The van der Waals surface area contributed by atoms with Gasteiger partial charge >= 0.3 is 0 Å². The number of unbranched alkanes of at least 4 members (excludes halogenated alkanes) is 34. The van der Waals surface area contributed by atoms with E-state index in [1.54, 1.807) is 6.08 Å². The van der Waals surface area contributed by atoms with Crippen LogP contribution in [0.3, 0.4) is 0 Å². The number of hydrogen-bond acceptors (Lipinski definition) is 4. The summed E-state index contributed by atoms with van der Waals surface area (Å²) in [5.41, 5.74) is 0. The lowest BCUT2D eigenvalue weighted by atomic mass is 10.0. The van der Waals surface area contributed by atoms with Crippen LogP contribution in [0.1, 0.15) is 271 Å². The van der Waals surface area contributed by atoms with Gasteiger partial charge in [0, 0.05) is 0 Å². The van der Waals surface area contributed by atoms with E-state index in [2.05, 4.69) is 43.5 Å². The van der Waals surface area contributed by atoms with Crippen molar-refractivity contribution in [3.63, 3.8) is 0 Å². The number of allylic oxidation sites excluding steroid dienone is 5. The fourth-order valence-electron chi connectivity index (χ4n) is 7.96. The molecule has 1 amide bonds. The van der Waals surface area contributed by atoms with Gasteiger partial charge in [-0.2, -0.15) is 0 Å². The topological polar surface area (TPSA) is 89.8 Å². The minimum Gasteiger partial charge on any atom is -0.394 e. The van der Waals surface area contributed by atoms with Gasteiger partial charge in [-0.25, -0.2) is 0 Å². The molecule has 58 heavy (non-hydrogen) atoms. The molecule has 4 N–H and O–H groups in total. The smallest absolute Gasteiger partial charge is 0.222 e. The average Bonchev–Trinajstić information content (AvgIpc) is 3.22. The van der Waals surface area contributed by atoms with Crippen molar-refractivity contribution in [1.29, 1.82) is 0 Å². The quantitative estimate of drug-likeness (QED) is 0.0364. The van der Waals surface area contributed by atoms with E-state index < -0.39 is 18.2 Å². The van der Waals surface area contributed by atoms with Gasteiger partial charge in [0.15, 0.2) is 0 Å². The van der Waals surface area contributed by atoms with Crippen LogP contribution in [0.2, 0.25) is 0 Å². The summed E-state index contributed by atoms with van der Waals surface area (Å²) in [7, 11) is 0. The summed E-state index contributed by atoms with van der Waals surface area (Å²) in [6.45, 7) is 4.21. The summed E-state index contributed by atoms with van der Waals surface area (Å²) in [6.07, 6.45) is 61.8. The summed E-state index contributed by atoms with van der Waals surface area (Å²) in [6, 6.07) is -0.765. The molecule has 3 atom stereocenters. The number of nitrogens with one attached hydrogen (secondary N) is 1. The normalized spacial score (nSPS) is 13.7. The highest BCUT2D eigenvalue weighted by Crippen LogP contribution is 2.17. The molecule has 5 nitrogen and oxygen atoms in total. The average molecular weight is 816 g/mol. The Bertz CT molecular complexity index is 901. The van der Waals surface area contributed by atoms with Gasteiger partial charge in [0.25, 0.3) is 0 Å². The van der Waals surface area contributed by atoms with Gasteiger partial charge in [-0.15, -0.1) is 0 Å². The van der Waals surface area contributed by atoms with Gasteiger partial charge in [0.2, 0.25) is 5.91 Å². The lowest BCUT2D eigenvalue weighted by Gasteiger charge is -2.21. The molecule has 0 saturated carbocycles. The largest absolute Gasteiger partial charge is 0.394 e. The Labute approximate surface area is 362 Å². The van der Waals surface area contributed by atoms with E-state index in [1.807, 2.05) is 6.08 Å². The summed E-state index contributed by atoms with van der Waals surface area (Å²) < 4.78 is 0. The van der Waals surface area contributed by atoms with Crippen molar-refractivity contribution in [2.75, 3.05) is 6.61 Å². The Balaban J connectivity index is 3.58. The predicted molar refractivity (Wildman–Crippen MR) is 254 cm³/mol. The zero-order valence-electron chi connectivity index (χ0n) is 38.9. The van der Waals surface area contributed by atoms with Crippen LogP contribution in [-0.4, -0.2) is 46.1 Å². The summed E-state index contributed by atoms with van der Waals surface area (Å²) >= 11 is 0. The van der Waals surface area contributed by atoms with E-state index in [4.69, 9.17) is 0 Å². The third kappa shape index (κ3) is 44.1. The fourth-order valence-corrected chi connectivity index (χ4v) is 7.96. The van der Waals surface area contributed by atoms with Crippen LogP contribution in [0.25, 0.3) is 0 Å². The van der Waals surface area contributed by atoms with Gasteiger partial charge in [0.05, 0.1) is 31.3 Å². The van der Waals surface area contributed by atoms with Crippen molar-refractivity contribution in [2.24, 2.45) is 0 Å². The highest BCUT2D eigenvalue weighted by Gasteiger charge is 2.20. The molecule has 0 aliphatic rings. The lowest BCUT2D eigenvalue weighted by Crippen LogP contribution is -2.45. The van der Waals surface area contributed by atoms with Gasteiger partial charge in [-0.05, 0) is 44.9 Å². The highest BCUT2D eigenvalue weighted by atomic mass is 16.3. The molecule has 0 aromatic rings. The van der Waals surface area contributed by atoms with Gasteiger partial charge < -0.3 is 20.6 Å². The number of rotatable bonds is 47. The maximum Gasteiger partial charge on any atom is 0.222 e. The molecule has 0 saturated heterocycles. The lowest BCUT2D eigenvalue weighted by molar-refractivity contribution is -0.124. The fraction of sp³-hybridized carbons (Fsp3) is 0.868. The molecule has 0 spiro atoms. The monoisotopic (exact) mass is 816 g/mol. The van der Waals surface area contributed by atoms with Gasteiger partial charge in [-0.3, -0.25) is 4.79 Å². The minimum atomic E-state index is -0.958. The van der Waals surface area contributed by atoms with Crippen LogP contribution >= 0.6 is 0 Å². The Hall–Kier alpha value is -1.43. The van der Waals surface area contributed by atoms with E-state index in [9.17, 15) is 20.1 Å². The molecule has 0 rings (SSSR count). The molecule has 0 radical (unpaired) electrons. The Kier molecular flexibility index (Phi) is 47.0. The van der Waals surface area contributed by atoms with Gasteiger partial charge in [0.1, 0.15) is 0 Å². The van der Waals surface area contributed by atoms with Crippen LogP contribution < -0.4 is 5.32 Å². The number of aliphatic hydroxyl groups excluding tert-OH is 3. The third-order valence-electron chi connectivity index (χ3n) is 11.9. The molecular formula is C53H101NO4. The van der Waals surface area contributed by atoms with Crippen LogP contribution in [-0.2, 0) is 4.79 Å². The molecule has 5 heteroatoms. The summed E-state index contributed by atoms with van der Waals surface area (Å²) in [4.78, 5) is 12.5. The minimum absolute atomic E-state index is 0.00540. The first-order valence-corrected chi connectivity index (χ1v) is 25.8. The third-order valence-corrected chi connectivity index (χ3v) is 11.9. The van der Waals surface area contributed by atoms with Crippen molar-refractivity contribution in [2.45, 2.75) is 289 Å². The molecule has 0 aromatic heterocycles. The molecule has 0 aromatic carbocycles. The maximum atomic E-state index is 12.5. The first-order valence-electron chi connectivity index (χ1n) is 25.8. The Morgan fingerprint density at radius 2 is 0.741 bits per heavy atom. The summed E-state index contributed by atoms with van der Waals surface area (Å²) in [5.74, 6) is -0.326. The number of carbonyl (C=O) groups excluding carboxylic acids is 1. The van der Waals surface area contributed by atoms with Crippen molar-refractivity contribution >= 4 is 5.91 Å². The zero-order chi connectivity index (χ0) is 42.3. The summed E-state index contributed by atoms with van der Waals surface area (Å²) in [5, 5.41) is 33.3. The van der Waals surface area contributed by atoms with Crippen molar-refractivity contribution in [3.05, 3.63) is 36.5 Å². The molecule has 0 bridgehead atoms. The van der Waals surface area contributed by atoms with E-state index >= 15 is 0 Å². The van der Waals surface area contributed by atoms with Crippen molar-refractivity contribution in [1.82, 2.24) is 5.32 Å². The SMILES string of the molecule is CCCCCCCC/C=C/CC/C=C/CC/C=C/C(O)C(CO)NC(=O)CC(O)CCCCCCCCCCCCCCCCCCCCCCCCCCCCC. The first kappa shape index (κ1) is 56.6. The molecule has 342 valence electrons. The number of aliphatic hydroxyl groups is 3. The van der Waals surface area contributed by atoms with Crippen LogP contribution in [0.5, 0.6) is 0 Å². The standard InChI is InChI=1S/C53H101NO4/c1-3-5-7-9-11-13-15-17-19-21-22-23-24-25-26-27-28-29-30-31-32-34-36-38-40-42-44-46-50(56)48-53(58)54-51(49-55)52(57)47-45-43-41-39-37-35-33-20-18-16-14-12-10-8-6-4-2/h18,20,37,39,45,47,50-52,55-57H,3-17,19,21-36,38,40-44,46,48-49H2,1-2H3,(H,54,58)/b20-18+,39-37+,47-45+.